The van der Waals surface area contributed by atoms with Crippen molar-refractivity contribution in [2.24, 2.45) is 5.10 Å². The maximum absolute atomic E-state index is 12.1. The van der Waals surface area contributed by atoms with Crippen LogP contribution in [0.5, 0.6) is 11.5 Å². The smallest absolute Gasteiger partial charge is 0.240 e. The fourth-order valence-corrected chi connectivity index (χ4v) is 3.42. The van der Waals surface area contributed by atoms with Crippen molar-refractivity contribution in [2.45, 2.75) is 33.6 Å². The van der Waals surface area contributed by atoms with Gasteiger partial charge in [-0.3, -0.25) is 9.59 Å². The number of benzene rings is 2. The van der Waals surface area contributed by atoms with Crippen LogP contribution < -0.4 is 20.2 Å². The summed E-state index contributed by atoms with van der Waals surface area (Å²) in [4.78, 5) is 24.1. The summed E-state index contributed by atoms with van der Waals surface area (Å²) < 4.78 is 11.8. The van der Waals surface area contributed by atoms with Gasteiger partial charge in [-0.15, -0.1) is 0 Å². The molecule has 0 atom stereocenters. The average Bonchev–Trinajstić information content (AvgIpc) is 2.71. The Balaban J connectivity index is 1.87. The fraction of sp³-hybridized carbons (Fsp3) is 0.318. The number of nitrogens with one attached hydrogen (secondary N) is 2. The van der Waals surface area contributed by atoms with Gasteiger partial charge >= 0.3 is 0 Å². The van der Waals surface area contributed by atoms with Crippen molar-refractivity contribution in [3.8, 4) is 11.5 Å². The Morgan fingerprint density at radius 2 is 1.87 bits per heavy atom. The highest BCUT2D eigenvalue weighted by Gasteiger charge is 2.11. The number of carbonyl (C=O) groups is 2. The second kappa shape index (κ2) is 11.5. The molecule has 2 N–H and O–H groups in total. The zero-order chi connectivity index (χ0) is 22.1. The van der Waals surface area contributed by atoms with E-state index in [0.717, 1.165) is 25.9 Å². The Morgan fingerprint density at radius 3 is 2.57 bits per heavy atom. The van der Waals surface area contributed by atoms with Crippen molar-refractivity contribution in [3.63, 3.8) is 0 Å². The number of amides is 2. The summed E-state index contributed by atoms with van der Waals surface area (Å²) in [7, 11) is 1.57. The Morgan fingerprint density at radius 1 is 1.13 bits per heavy atom. The van der Waals surface area contributed by atoms with Crippen LogP contribution >= 0.6 is 22.6 Å². The summed E-state index contributed by atoms with van der Waals surface area (Å²) in [6, 6.07) is 9.49. The quantitative estimate of drug-likeness (QED) is 0.293. The van der Waals surface area contributed by atoms with Gasteiger partial charge in [-0.25, -0.2) is 5.43 Å². The molecule has 0 aliphatic carbocycles. The number of hydrazone groups is 1. The lowest BCUT2D eigenvalue weighted by atomic mass is 10.1. The van der Waals surface area contributed by atoms with Crippen molar-refractivity contribution < 1.29 is 19.1 Å². The molecule has 0 saturated heterocycles. The molecule has 0 aliphatic rings. The summed E-state index contributed by atoms with van der Waals surface area (Å²) in [5.41, 5.74) is 6.00. The second-order valence-corrected chi connectivity index (χ2v) is 7.79. The van der Waals surface area contributed by atoms with Gasteiger partial charge in [0, 0.05) is 18.5 Å². The van der Waals surface area contributed by atoms with E-state index >= 15 is 0 Å². The van der Waals surface area contributed by atoms with E-state index in [1.165, 1.54) is 6.21 Å². The molecule has 2 rings (SSSR count). The molecular weight excluding hydrogens is 497 g/mol. The van der Waals surface area contributed by atoms with Crippen LogP contribution in [0.15, 0.2) is 35.4 Å². The highest BCUT2D eigenvalue weighted by Crippen LogP contribution is 2.33. The number of anilines is 1. The minimum atomic E-state index is -0.338. The van der Waals surface area contributed by atoms with Crippen molar-refractivity contribution in [1.82, 2.24) is 5.43 Å². The number of rotatable bonds is 9. The average molecular weight is 523 g/mol. The number of methoxy groups -OCH3 is 1. The maximum atomic E-state index is 12.1. The van der Waals surface area contributed by atoms with Crippen molar-refractivity contribution in [3.05, 3.63) is 50.6 Å². The summed E-state index contributed by atoms with van der Waals surface area (Å²) in [5.74, 6) is 0.722. The maximum Gasteiger partial charge on any atom is 0.240 e. The van der Waals surface area contributed by atoms with Gasteiger partial charge in [-0.05, 0) is 78.3 Å². The number of ether oxygens (including phenoxy) is 2. The van der Waals surface area contributed by atoms with E-state index < -0.39 is 0 Å². The molecule has 0 spiro atoms. The molecule has 30 heavy (non-hydrogen) atoms. The molecule has 0 aromatic heterocycles. The number of carbonyl (C=O) groups excluding carboxylic acids is 2. The molecule has 160 valence electrons. The van der Waals surface area contributed by atoms with Gasteiger partial charge in [0.25, 0.3) is 0 Å². The van der Waals surface area contributed by atoms with E-state index in [0.29, 0.717) is 18.1 Å². The Hall–Kier alpha value is -2.62. The first kappa shape index (κ1) is 23.7. The highest BCUT2D eigenvalue weighted by atomic mass is 127. The molecule has 0 unspecified atom stereocenters. The molecule has 0 aliphatic heterocycles. The van der Waals surface area contributed by atoms with E-state index in [-0.39, 0.29) is 24.7 Å². The van der Waals surface area contributed by atoms with Gasteiger partial charge < -0.3 is 14.8 Å². The van der Waals surface area contributed by atoms with E-state index in [1.807, 2.05) is 45.0 Å². The van der Waals surface area contributed by atoms with Crippen molar-refractivity contribution in [1.29, 1.82) is 0 Å². The number of aryl methyl sites for hydroxylation is 2. The highest BCUT2D eigenvalue weighted by molar-refractivity contribution is 14.1. The van der Waals surface area contributed by atoms with Gasteiger partial charge in [0.05, 0.1) is 23.5 Å². The monoisotopic (exact) mass is 523 g/mol. The lowest BCUT2D eigenvalue weighted by molar-refractivity contribution is -0.124. The van der Waals surface area contributed by atoms with Gasteiger partial charge in [-0.1, -0.05) is 12.1 Å². The van der Waals surface area contributed by atoms with Crippen LogP contribution in [0.2, 0.25) is 0 Å². The third-order valence-electron chi connectivity index (χ3n) is 4.19. The molecule has 0 radical (unpaired) electrons. The molecule has 2 aromatic rings. The van der Waals surface area contributed by atoms with E-state index in [4.69, 9.17) is 9.47 Å². The van der Waals surface area contributed by atoms with Crippen LogP contribution in [0.1, 0.15) is 36.5 Å². The van der Waals surface area contributed by atoms with Crippen LogP contribution in [-0.4, -0.2) is 31.7 Å². The van der Waals surface area contributed by atoms with Crippen LogP contribution in [0.4, 0.5) is 5.69 Å². The standard InChI is InChI=1S/C22H26IN3O4/c1-5-30-22-17(23)11-16(12-19(22)29-4)13-24-26-21(28)9-8-20(27)25-18-10-14(2)6-7-15(18)3/h6-7,10-13H,5,8-9H2,1-4H3,(H,25,27)(H,26,28). The van der Waals surface area contributed by atoms with E-state index in [1.54, 1.807) is 13.2 Å². The molecule has 2 aromatic carbocycles. The first-order valence-electron chi connectivity index (χ1n) is 9.53. The zero-order valence-electron chi connectivity index (χ0n) is 17.5. The number of nitrogens with zero attached hydrogens (tertiary/aromatic N) is 1. The van der Waals surface area contributed by atoms with Crippen LogP contribution in [0.3, 0.4) is 0 Å². The van der Waals surface area contributed by atoms with Crippen LogP contribution in [0.25, 0.3) is 0 Å². The summed E-state index contributed by atoms with van der Waals surface area (Å²) >= 11 is 2.16. The Labute approximate surface area is 190 Å². The lowest BCUT2D eigenvalue weighted by Crippen LogP contribution is -2.21. The molecule has 0 fully saturated rings. The number of hydrogen-bond donors (Lipinski definition) is 2. The van der Waals surface area contributed by atoms with Gasteiger partial charge in [-0.2, -0.15) is 5.10 Å². The second-order valence-electron chi connectivity index (χ2n) is 6.63. The molecule has 0 saturated carbocycles. The van der Waals surface area contributed by atoms with E-state index in [2.05, 4.69) is 38.4 Å². The largest absolute Gasteiger partial charge is 0.493 e. The molecule has 0 heterocycles. The normalized spacial score (nSPS) is 10.7. The zero-order valence-corrected chi connectivity index (χ0v) is 19.7. The predicted octanol–water partition coefficient (Wildman–Crippen LogP) is 4.18. The number of halogens is 1. The van der Waals surface area contributed by atoms with Gasteiger partial charge in [0.1, 0.15) is 0 Å². The van der Waals surface area contributed by atoms with Crippen molar-refractivity contribution in [2.75, 3.05) is 19.0 Å². The molecule has 7 nitrogen and oxygen atoms in total. The van der Waals surface area contributed by atoms with Crippen LogP contribution in [-0.2, 0) is 9.59 Å². The molecule has 2 amide bonds. The van der Waals surface area contributed by atoms with Gasteiger partial charge in [0.2, 0.25) is 11.8 Å². The molecule has 0 bridgehead atoms. The topological polar surface area (TPSA) is 89.0 Å². The third kappa shape index (κ3) is 7.01. The molecule has 8 heteroatoms. The van der Waals surface area contributed by atoms with Crippen LogP contribution in [0, 0.1) is 17.4 Å². The first-order valence-corrected chi connectivity index (χ1v) is 10.6. The minimum absolute atomic E-state index is 0.0399. The van der Waals surface area contributed by atoms with E-state index in [9.17, 15) is 9.59 Å². The molecular formula is C22H26IN3O4. The fourth-order valence-electron chi connectivity index (χ4n) is 2.64. The third-order valence-corrected chi connectivity index (χ3v) is 4.99. The SMILES string of the molecule is CCOc1c(I)cc(C=NNC(=O)CCC(=O)Nc2cc(C)ccc2C)cc1OC. The summed E-state index contributed by atoms with van der Waals surface area (Å²) in [5, 5.41) is 6.80. The lowest BCUT2D eigenvalue weighted by Gasteiger charge is -2.12. The summed E-state index contributed by atoms with van der Waals surface area (Å²) in [6.07, 6.45) is 1.64. The predicted molar refractivity (Wildman–Crippen MR) is 126 cm³/mol. The van der Waals surface area contributed by atoms with Crippen molar-refractivity contribution >= 4 is 46.3 Å². The van der Waals surface area contributed by atoms with Gasteiger partial charge in [0.15, 0.2) is 11.5 Å². The summed E-state index contributed by atoms with van der Waals surface area (Å²) in [6.45, 7) is 6.32. The number of hydrogen-bond acceptors (Lipinski definition) is 5. The first-order chi connectivity index (χ1) is 14.3. The minimum Gasteiger partial charge on any atom is -0.493 e. The Kier molecular flexibility index (Phi) is 9.10. The Bertz CT molecular complexity index is 944.